The number of H-pyrrole nitrogens is 1. The second kappa shape index (κ2) is 3.06. The third kappa shape index (κ3) is 1.21. The van der Waals surface area contributed by atoms with E-state index in [9.17, 15) is 4.79 Å². The lowest BCUT2D eigenvalue weighted by Crippen LogP contribution is -2.10. The molecule has 1 aromatic heterocycles. The highest BCUT2D eigenvalue weighted by molar-refractivity contribution is 5.98. The fraction of sp³-hybridized carbons (Fsp3) is 0.100. The van der Waals surface area contributed by atoms with Crippen molar-refractivity contribution in [3.8, 4) is 5.75 Å². The van der Waals surface area contributed by atoms with Crippen LogP contribution in [0.2, 0.25) is 0 Å². The number of methoxy groups -OCH3 is 1. The number of aromatic amines is 1. The number of fused-ring (bicyclic) bond motifs is 1. The van der Waals surface area contributed by atoms with E-state index in [2.05, 4.69) is 4.98 Å². The van der Waals surface area contributed by atoms with E-state index >= 15 is 0 Å². The highest BCUT2D eigenvalue weighted by Gasteiger charge is 2.08. The van der Waals surface area contributed by atoms with Crippen LogP contribution in [-0.2, 0) is 0 Å². The van der Waals surface area contributed by atoms with Crippen LogP contribution in [0.4, 0.5) is 0 Å². The number of amides is 1. The second-order valence-electron chi connectivity index (χ2n) is 2.97. The fourth-order valence-electron chi connectivity index (χ4n) is 1.43. The van der Waals surface area contributed by atoms with Gasteiger partial charge in [0, 0.05) is 5.39 Å². The van der Waals surface area contributed by atoms with Crippen LogP contribution >= 0.6 is 0 Å². The van der Waals surface area contributed by atoms with Crippen LogP contribution in [0.1, 0.15) is 10.5 Å². The number of para-hydroxylation sites is 1. The maximum absolute atomic E-state index is 10.9. The van der Waals surface area contributed by atoms with Crippen molar-refractivity contribution >= 4 is 16.8 Å². The molecule has 0 saturated carbocycles. The molecule has 1 amide bonds. The molecule has 2 rings (SSSR count). The summed E-state index contributed by atoms with van der Waals surface area (Å²) < 4.78 is 5.14. The molecule has 0 aliphatic rings. The number of ether oxygens (including phenoxy) is 1. The van der Waals surface area contributed by atoms with E-state index in [1.54, 1.807) is 13.2 Å². The topological polar surface area (TPSA) is 68.1 Å². The van der Waals surface area contributed by atoms with E-state index < -0.39 is 5.91 Å². The Bertz CT molecular complexity index is 488. The summed E-state index contributed by atoms with van der Waals surface area (Å²) in [5.74, 6) is 0.234. The Labute approximate surface area is 80.7 Å². The summed E-state index contributed by atoms with van der Waals surface area (Å²) in [4.78, 5) is 13.8. The molecule has 4 nitrogen and oxygen atoms in total. The maximum Gasteiger partial charge on any atom is 0.265 e. The van der Waals surface area contributed by atoms with Crippen molar-refractivity contribution in [3.05, 3.63) is 30.0 Å². The van der Waals surface area contributed by atoms with Crippen molar-refractivity contribution in [3.63, 3.8) is 0 Å². The summed E-state index contributed by atoms with van der Waals surface area (Å²) in [7, 11) is 1.58. The Kier molecular flexibility index (Phi) is 1.89. The Morgan fingerprint density at radius 3 is 2.93 bits per heavy atom. The molecule has 0 unspecified atom stereocenters. The van der Waals surface area contributed by atoms with Gasteiger partial charge in [0.2, 0.25) is 0 Å². The minimum absolute atomic E-state index is 0.393. The van der Waals surface area contributed by atoms with Gasteiger partial charge in [-0.3, -0.25) is 4.79 Å². The third-order valence-electron chi connectivity index (χ3n) is 2.10. The summed E-state index contributed by atoms with van der Waals surface area (Å²) in [6, 6.07) is 7.28. The molecule has 0 saturated heterocycles. The number of nitrogens with one attached hydrogen (secondary N) is 1. The Balaban J connectivity index is 2.70. The minimum Gasteiger partial charge on any atom is -0.495 e. The van der Waals surface area contributed by atoms with Crippen LogP contribution in [0.3, 0.4) is 0 Å². The smallest absolute Gasteiger partial charge is 0.265 e. The molecule has 2 aromatic rings. The second-order valence-corrected chi connectivity index (χ2v) is 2.97. The standard InChI is InChI=1S/C10H10N2O2/c1-14-8-4-2-3-6-5-7(10(11)13)12-9(6)8/h2-5,12H,1H3,(H2,11,13). The fourth-order valence-corrected chi connectivity index (χ4v) is 1.43. The largest absolute Gasteiger partial charge is 0.495 e. The Morgan fingerprint density at radius 2 is 2.29 bits per heavy atom. The number of benzene rings is 1. The summed E-state index contributed by atoms with van der Waals surface area (Å²) in [5.41, 5.74) is 6.35. The van der Waals surface area contributed by atoms with Crippen LogP contribution in [0, 0.1) is 0 Å². The lowest BCUT2D eigenvalue weighted by Gasteiger charge is -1.99. The van der Waals surface area contributed by atoms with Crippen LogP contribution in [0.5, 0.6) is 5.75 Å². The zero-order valence-electron chi connectivity index (χ0n) is 7.70. The molecule has 0 radical (unpaired) electrons. The predicted molar refractivity (Wildman–Crippen MR) is 53.4 cm³/mol. The average Bonchev–Trinajstić information content (AvgIpc) is 2.60. The number of rotatable bonds is 2. The van der Waals surface area contributed by atoms with E-state index in [1.165, 1.54) is 0 Å². The molecule has 0 aliphatic heterocycles. The predicted octanol–water partition coefficient (Wildman–Crippen LogP) is 1.28. The van der Waals surface area contributed by atoms with Gasteiger partial charge in [-0.1, -0.05) is 12.1 Å². The number of nitrogens with two attached hydrogens (primary N) is 1. The van der Waals surface area contributed by atoms with Gasteiger partial charge in [-0.05, 0) is 12.1 Å². The molecule has 0 fully saturated rings. The van der Waals surface area contributed by atoms with E-state index in [-0.39, 0.29) is 0 Å². The highest BCUT2D eigenvalue weighted by atomic mass is 16.5. The van der Waals surface area contributed by atoms with Gasteiger partial charge in [-0.25, -0.2) is 0 Å². The average molecular weight is 190 g/mol. The molecule has 72 valence electrons. The molecular formula is C10H10N2O2. The number of hydrogen-bond donors (Lipinski definition) is 2. The first kappa shape index (κ1) is 8.62. The number of hydrogen-bond acceptors (Lipinski definition) is 2. The SMILES string of the molecule is COc1cccc2cc(C(N)=O)[nH]c12. The summed E-state index contributed by atoms with van der Waals surface area (Å²) in [6.07, 6.45) is 0. The minimum atomic E-state index is -0.469. The third-order valence-corrected chi connectivity index (χ3v) is 2.10. The molecular weight excluding hydrogens is 180 g/mol. The maximum atomic E-state index is 10.9. The van der Waals surface area contributed by atoms with Crippen LogP contribution in [0.15, 0.2) is 24.3 Å². The molecule has 14 heavy (non-hydrogen) atoms. The molecule has 0 aliphatic carbocycles. The number of carbonyl (C=O) groups excluding carboxylic acids is 1. The molecule has 3 N–H and O–H groups in total. The lowest BCUT2D eigenvalue weighted by atomic mass is 10.2. The van der Waals surface area contributed by atoms with Gasteiger partial charge in [0.1, 0.15) is 11.4 Å². The van der Waals surface area contributed by atoms with Crippen molar-refractivity contribution in [2.45, 2.75) is 0 Å². The molecule has 1 aromatic carbocycles. The molecule has 0 bridgehead atoms. The van der Waals surface area contributed by atoms with Gasteiger partial charge in [0.25, 0.3) is 5.91 Å². The molecule has 0 spiro atoms. The van der Waals surface area contributed by atoms with Gasteiger partial charge in [0.15, 0.2) is 0 Å². The first-order chi connectivity index (χ1) is 6.72. The van der Waals surface area contributed by atoms with Crippen LogP contribution in [-0.4, -0.2) is 18.0 Å². The molecule has 1 heterocycles. The zero-order chi connectivity index (χ0) is 10.1. The van der Waals surface area contributed by atoms with Crippen molar-refractivity contribution in [1.29, 1.82) is 0 Å². The summed E-state index contributed by atoms with van der Waals surface area (Å²) in [5, 5.41) is 0.915. The zero-order valence-corrected chi connectivity index (χ0v) is 7.70. The van der Waals surface area contributed by atoms with E-state index in [1.807, 2.05) is 18.2 Å². The quantitative estimate of drug-likeness (QED) is 0.748. The lowest BCUT2D eigenvalue weighted by molar-refractivity contribution is 0.0996. The van der Waals surface area contributed by atoms with Crippen LogP contribution < -0.4 is 10.5 Å². The van der Waals surface area contributed by atoms with Crippen molar-refractivity contribution in [2.75, 3.05) is 7.11 Å². The number of carbonyl (C=O) groups is 1. The first-order valence-corrected chi connectivity index (χ1v) is 4.18. The summed E-state index contributed by atoms with van der Waals surface area (Å²) >= 11 is 0. The van der Waals surface area contributed by atoms with Gasteiger partial charge in [-0.15, -0.1) is 0 Å². The van der Waals surface area contributed by atoms with E-state index in [0.29, 0.717) is 11.4 Å². The normalized spacial score (nSPS) is 10.4. The highest BCUT2D eigenvalue weighted by Crippen LogP contribution is 2.24. The number of aromatic nitrogens is 1. The van der Waals surface area contributed by atoms with Gasteiger partial charge in [0.05, 0.1) is 12.6 Å². The van der Waals surface area contributed by atoms with Crippen LogP contribution in [0.25, 0.3) is 10.9 Å². The van der Waals surface area contributed by atoms with Gasteiger partial charge < -0.3 is 15.5 Å². The summed E-state index contributed by atoms with van der Waals surface area (Å²) in [6.45, 7) is 0. The molecule has 4 heteroatoms. The van der Waals surface area contributed by atoms with E-state index in [4.69, 9.17) is 10.5 Å². The first-order valence-electron chi connectivity index (χ1n) is 4.18. The van der Waals surface area contributed by atoms with Gasteiger partial charge in [-0.2, -0.15) is 0 Å². The monoisotopic (exact) mass is 190 g/mol. The van der Waals surface area contributed by atoms with Crippen molar-refractivity contribution in [1.82, 2.24) is 4.98 Å². The van der Waals surface area contributed by atoms with E-state index in [0.717, 1.165) is 10.9 Å². The number of primary amides is 1. The molecule has 0 atom stereocenters. The Morgan fingerprint density at radius 1 is 1.50 bits per heavy atom. The van der Waals surface area contributed by atoms with Gasteiger partial charge >= 0.3 is 0 Å². The van der Waals surface area contributed by atoms with Crippen molar-refractivity contribution in [2.24, 2.45) is 5.73 Å². The Hall–Kier alpha value is -1.97. The van der Waals surface area contributed by atoms with Crippen molar-refractivity contribution < 1.29 is 9.53 Å².